The SMILES string of the molecule is CC(C)(C)OC(=O)N1CCCC(CCCCNc2nc(N)ccc2I)C1. The maximum Gasteiger partial charge on any atom is 0.410 e. The molecule has 1 aliphatic rings. The Morgan fingerprint density at radius 1 is 1.42 bits per heavy atom. The number of unbranched alkanes of at least 4 members (excludes halogenated alkanes) is 1. The number of amides is 1. The quantitative estimate of drug-likeness (QED) is 0.469. The maximum absolute atomic E-state index is 12.2. The number of aromatic nitrogens is 1. The molecule has 1 aromatic rings. The summed E-state index contributed by atoms with van der Waals surface area (Å²) in [5.74, 6) is 1.97. The molecule has 0 saturated carbocycles. The van der Waals surface area contributed by atoms with Gasteiger partial charge in [-0.25, -0.2) is 9.78 Å². The Morgan fingerprint density at radius 2 is 2.19 bits per heavy atom. The smallest absolute Gasteiger partial charge is 0.410 e. The molecule has 0 radical (unpaired) electrons. The minimum atomic E-state index is -0.428. The third kappa shape index (κ3) is 7.17. The van der Waals surface area contributed by atoms with Gasteiger partial charge in [0.25, 0.3) is 0 Å². The van der Waals surface area contributed by atoms with Crippen molar-refractivity contribution < 1.29 is 9.53 Å². The molecule has 1 aromatic heterocycles. The summed E-state index contributed by atoms with van der Waals surface area (Å²) in [6.45, 7) is 8.25. The summed E-state index contributed by atoms with van der Waals surface area (Å²) in [6.07, 6.45) is 5.44. The van der Waals surface area contributed by atoms with Crippen molar-refractivity contribution in [2.24, 2.45) is 5.92 Å². The van der Waals surface area contributed by atoms with Gasteiger partial charge < -0.3 is 20.7 Å². The zero-order chi connectivity index (χ0) is 19.2. The molecule has 6 nitrogen and oxygen atoms in total. The Balaban J connectivity index is 1.67. The second-order valence-electron chi connectivity index (χ2n) is 7.92. The van der Waals surface area contributed by atoms with E-state index >= 15 is 0 Å². The van der Waals surface area contributed by atoms with E-state index in [4.69, 9.17) is 10.5 Å². The molecular formula is C19H31IN4O2. The number of ether oxygens (including phenoxy) is 1. The van der Waals surface area contributed by atoms with Crippen LogP contribution in [0.4, 0.5) is 16.4 Å². The predicted octanol–water partition coefficient (Wildman–Crippen LogP) is 4.50. The van der Waals surface area contributed by atoms with Gasteiger partial charge in [-0.1, -0.05) is 6.42 Å². The van der Waals surface area contributed by atoms with E-state index in [0.29, 0.717) is 11.7 Å². The number of carbonyl (C=O) groups is 1. The number of hydrogen-bond donors (Lipinski definition) is 2. The summed E-state index contributed by atoms with van der Waals surface area (Å²) in [6, 6.07) is 3.78. The normalized spacial score (nSPS) is 17.8. The van der Waals surface area contributed by atoms with Crippen LogP contribution in [0.2, 0.25) is 0 Å². The number of anilines is 2. The predicted molar refractivity (Wildman–Crippen MR) is 114 cm³/mol. The second-order valence-corrected chi connectivity index (χ2v) is 9.09. The summed E-state index contributed by atoms with van der Waals surface area (Å²) in [5.41, 5.74) is 5.31. The molecule has 7 heteroatoms. The summed E-state index contributed by atoms with van der Waals surface area (Å²) >= 11 is 2.26. The lowest BCUT2D eigenvalue weighted by atomic mass is 9.93. The molecule has 0 aliphatic carbocycles. The maximum atomic E-state index is 12.2. The van der Waals surface area contributed by atoms with Crippen molar-refractivity contribution in [1.29, 1.82) is 0 Å². The molecule has 1 atom stereocenters. The zero-order valence-corrected chi connectivity index (χ0v) is 18.2. The Labute approximate surface area is 170 Å². The molecule has 1 fully saturated rings. The number of carbonyl (C=O) groups excluding carboxylic acids is 1. The van der Waals surface area contributed by atoms with Crippen LogP contribution >= 0.6 is 22.6 Å². The van der Waals surface area contributed by atoms with Crippen LogP contribution in [0, 0.1) is 9.49 Å². The standard InChI is InChI=1S/C19H31IN4O2/c1-19(2,3)26-18(25)24-12-6-8-14(13-24)7-4-5-11-22-17-15(20)9-10-16(21)23-17/h9-10,14H,4-8,11-13H2,1-3H3,(H3,21,22,23). The van der Waals surface area contributed by atoms with Gasteiger partial charge in [0.2, 0.25) is 0 Å². The van der Waals surface area contributed by atoms with Gasteiger partial charge in [-0.2, -0.15) is 0 Å². The summed E-state index contributed by atoms with van der Waals surface area (Å²) in [7, 11) is 0. The second kappa shape index (κ2) is 9.62. The van der Waals surface area contributed by atoms with Crippen LogP contribution in [0.1, 0.15) is 52.9 Å². The number of nitrogens with one attached hydrogen (secondary N) is 1. The van der Waals surface area contributed by atoms with Gasteiger partial charge in [-0.05, 0) is 87.1 Å². The fraction of sp³-hybridized carbons (Fsp3) is 0.684. The third-order valence-corrected chi connectivity index (χ3v) is 5.24. The molecule has 1 unspecified atom stereocenters. The van der Waals surface area contributed by atoms with Crippen LogP contribution in [0.3, 0.4) is 0 Å². The largest absolute Gasteiger partial charge is 0.444 e. The Morgan fingerprint density at radius 3 is 2.92 bits per heavy atom. The molecule has 0 spiro atoms. The van der Waals surface area contributed by atoms with Crippen molar-refractivity contribution in [2.75, 3.05) is 30.7 Å². The van der Waals surface area contributed by atoms with Crippen molar-refractivity contribution in [3.05, 3.63) is 15.7 Å². The lowest BCUT2D eigenvalue weighted by Crippen LogP contribution is -2.42. The highest BCUT2D eigenvalue weighted by atomic mass is 127. The van der Waals surface area contributed by atoms with Crippen LogP contribution in [-0.2, 0) is 4.74 Å². The number of halogens is 1. The van der Waals surface area contributed by atoms with E-state index in [1.165, 1.54) is 6.42 Å². The van der Waals surface area contributed by atoms with E-state index in [0.717, 1.165) is 54.7 Å². The van der Waals surface area contributed by atoms with Crippen molar-refractivity contribution in [2.45, 2.75) is 58.5 Å². The molecule has 2 heterocycles. The van der Waals surface area contributed by atoms with Crippen LogP contribution in [0.15, 0.2) is 12.1 Å². The van der Waals surface area contributed by atoms with Crippen molar-refractivity contribution in [3.63, 3.8) is 0 Å². The number of hydrogen-bond acceptors (Lipinski definition) is 5. The first-order valence-corrected chi connectivity index (χ1v) is 10.5. The van der Waals surface area contributed by atoms with Gasteiger partial charge in [0.15, 0.2) is 0 Å². The molecule has 26 heavy (non-hydrogen) atoms. The fourth-order valence-electron chi connectivity index (χ4n) is 3.14. The molecule has 0 aromatic carbocycles. The van der Waals surface area contributed by atoms with Crippen LogP contribution < -0.4 is 11.1 Å². The van der Waals surface area contributed by atoms with Gasteiger partial charge in [-0.15, -0.1) is 0 Å². The number of nitrogens with zero attached hydrogens (tertiary/aromatic N) is 2. The highest BCUT2D eigenvalue weighted by molar-refractivity contribution is 14.1. The topological polar surface area (TPSA) is 80.5 Å². The summed E-state index contributed by atoms with van der Waals surface area (Å²) in [5, 5.41) is 3.36. The monoisotopic (exact) mass is 474 g/mol. The van der Waals surface area contributed by atoms with Crippen LogP contribution in [-0.4, -0.2) is 41.2 Å². The number of piperidine rings is 1. The lowest BCUT2D eigenvalue weighted by molar-refractivity contribution is 0.0160. The fourth-order valence-corrected chi connectivity index (χ4v) is 3.63. The number of rotatable bonds is 6. The number of nitrogens with two attached hydrogens (primary N) is 1. The lowest BCUT2D eigenvalue weighted by Gasteiger charge is -2.34. The summed E-state index contributed by atoms with van der Waals surface area (Å²) < 4.78 is 6.58. The molecule has 1 aliphatic heterocycles. The molecule has 146 valence electrons. The van der Waals surface area contributed by atoms with Gasteiger partial charge in [0.1, 0.15) is 17.2 Å². The van der Waals surface area contributed by atoms with Crippen molar-refractivity contribution in [1.82, 2.24) is 9.88 Å². The molecule has 1 saturated heterocycles. The molecule has 3 N–H and O–H groups in total. The van der Waals surface area contributed by atoms with E-state index in [1.807, 2.05) is 37.8 Å². The molecule has 0 bridgehead atoms. The van der Waals surface area contributed by atoms with Crippen LogP contribution in [0.25, 0.3) is 0 Å². The average molecular weight is 474 g/mol. The van der Waals surface area contributed by atoms with Crippen LogP contribution in [0.5, 0.6) is 0 Å². The highest BCUT2D eigenvalue weighted by Crippen LogP contribution is 2.23. The van der Waals surface area contributed by atoms with Gasteiger partial charge >= 0.3 is 6.09 Å². The van der Waals surface area contributed by atoms with E-state index in [-0.39, 0.29) is 6.09 Å². The molecule has 1 amide bonds. The first-order valence-electron chi connectivity index (χ1n) is 9.38. The molecular weight excluding hydrogens is 443 g/mol. The van der Waals surface area contributed by atoms with Gasteiger partial charge in [0.05, 0.1) is 3.57 Å². The first-order chi connectivity index (χ1) is 12.2. The molecule has 2 rings (SSSR count). The minimum Gasteiger partial charge on any atom is -0.444 e. The van der Waals surface area contributed by atoms with E-state index in [1.54, 1.807) is 0 Å². The Hall–Kier alpha value is -1.25. The van der Waals surface area contributed by atoms with Gasteiger partial charge in [-0.3, -0.25) is 0 Å². The highest BCUT2D eigenvalue weighted by Gasteiger charge is 2.27. The third-order valence-electron chi connectivity index (χ3n) is 4.37. The Kier molecular flexibility index (Phi) is 7.79. The van der Waals surface area contributed by atoms with E-state index < -0.39 is 5.60 Å². The first kappa shape index (κ1) is 21.1. The minimum absolute atomic E-state index is 0.175. The van der Waals surface area contributed by atoms with Gasteiger partial charge in [0, 0.05) is 19.6 Å². The zero-order valence-electron chi connectivity index (χ0n) is 16.1. The van der Waals surface area contributed by atoms with Crippen molar-refractivity contribution in [3.8, 4) is 0 Å². The number of nitrogen functional groups attached to an aromatic ring is 1. The van der Waals surface area contributed by atoms with Crippen molar-refractivity contribution >= 4 is 40.3 Å². The number of pyridine rings is 1. The van der Waals surface area contributed by atoms with E-state index in [9.17, 15) is 4.79 Å². The average Bonchev–Trinajstić information content (AvgIpc) is 2.56. The summed E-state index contributed by atoms with van der Waals surface area (Å²) in [4.78, 5) is 18.4. The Bertz CT molecular complexity index is 604. The number of likely N-dealkylation sites (tertiary alicyclic amines) is 1. The van der Waals surface area contributed by atoms with E-state index in [2.05, 4.69) is 32.9 Å².